The van der Waals surface area contributed by atoms with Gasteiger partial charge in [-0.25, -0.2) is 9.69 Å². The third-order valence-electron chi connectivity index (χ3n) is 4.63. The van der Waals surface area contributed by atoms with Crippen molar-refractivity contribution in [2.24, 2.45) is 5.92 Å². The summed E-state index contributed by atoms with van der Waals surface area (Å²) in [6.45, 7) is 7.13. The molecule has 0 atom stereocenters. The number of hydrogen-bond donors (Lipinski definition) is 0. The highest BCUT2D eigenvalue weighted by Crippen LogP contribution is 2.19. The molecule has 28 heavy (non-hydrogen) atoms. The van der Waals surface area contributed by atoms with E-state index in [4.69, 9.17) is 0 Å². The Labute approximate surface area is 163 Å². The molecule has 4 amide bonds. The van der Waals surface area contributed by atoms with E-state index in [0.29, 0.717) is 22.7 Å². The highest BCUT2D eigenvalue weighted by atomic mass is 16.5. The smallest absolute Gasteiger partial charge is 0.334 e. The predicted octanol–water partition coefficient (Wildman–Crippen LogP) is 1.30. The average Bonchev–Trinajstić information content (AvgIpc) is 3.02. The number of esters is 1. The highest BCUT2D eigenvalue weighted by molar-refractivity contribution is 6.45. The Bertz CT molecular complexity index is 839. The maximum Gasteiger partial charge on any atom is 0.334 e. The Hall–Kier alpha value is -2.97. The summed E-state index contributed by atoms with van der Waals surface area (Å²) >= 11 is 0. The van der Waals surface area contributed by atoms with Gasteiger partial charge >= 0.3 is 23.8 Å². The fourth-order valence-electron chi connectivity index (χ4n) is 3.18. The molecule has 0 unspecified atom stereocenters. The fraction of sp³-hybridized carbons (Fsp3) is 0.526. The van der Waals surface area contributed by atoms with Gasteiger partial charge in [0.15, 0.2) is 5.78 Å². The lowest BCUT2D eigenvalue weighted by Gasteiger charge is -2.16. The summed E-state index contributed by atoms with van der Waals surface area (Å²) < 4.78 is 6.43. The number of ketones is 1. The lowest BCUT2D eigenvalue weighted by atomic mass is 10.1. The summed E-state index contributed by atoms with van der Waals surface area (Å²) in [4.78, 5) is 62.2. The van der Waals surface area contributed by atoms with Gasteiger partial charge in [-0.1, -0.05) is 13.8 Å². The maximum absolute atomic E-state index is 12.7. The van der Waals surface area contributed by atoms with Gasteiger partial charge in [-0.15, -0.1) is 0 Å². The molecule has 0 aromatic carbocycles. The van der Waals surface area contributed by atoms with Crippen molar-refractivity contribution >= 4 is 29.6 Å². The number of hydrogen-bond acceptors (Lipinski definition) is 6. The number of aryl methyl sites for hydroxylation is 1. The van der Waals surface area contributed by atoms with Crippen molar-refractivity contribution in [3.05, 3.63) is 23.0 Å². The van der Waals surface area contributed by atoms with E-state index >= 15 is 0 Å². The molecular weight excluding hydrogens is 366 g/mol. The highest BCUT2D eigenvalue weighted by Gasteiger charge is 2.45. The summed E-state index contributed by atoms with van der Waals surface area (Å²) in [5.41, 5.74) is 1.73. The van der Waals surface area contributed by atoms with Gasteiger partial charge in [-0.05, 0) is 25.8 Å². The fourth-order valence-corrected chi connectivity index (χ4v) is 3.18. The van der Waals surface area contributed by atoms with Crippen LogP contribution in [0.4, 0.5) is 4.79 Å². The van der Waals surface area contributed by atoms with Crippen molar-refractivity contribution < 1.29 is 28.7 Å². The number of nitrogens with zero attached hydrogens (tertiary/aromatic N) is 3. The third-order valence-corrected chi connectivity index (χ3v) is 4.63. The molecule has 0 bridgehead atoms. The standard InChI is InChI=1S/C19H25N3O6/c1-11(2)9-21-17(25)18(26)22(19(21)27)10-15(23)14-8-12(3)20(13(14)4)7-6-16(24)28-5/h8,11H,6-7,9-10H2,1-5H3. The average molecular weight is 391 g/mol. The molecular formula is C19H25N3O6. The van der Waals surface area contributed by atoms with Gasteiger partial charge < -0.3 is 9.30 Å². The maximum atomic E-state index is 12.7. The Kier molecular flexibility index (Phi) is 6.37. The number of methoxy groups -OCH3 is 1. The molecule has 1 aliphatic heterocycles. The minimum absolute atomic E-state index is 0.00471. The number of rotatable bonds is 8. The number of Topliss-reactive ketones (excluding diaryl/α,β-unsaturated/α-hetero) is 1. The van der Waals surface area contributed by atoms with Crippen LogP contribution in [0.5, 0.6) is 0 Å². The van der Waals surface area contributed by atoms with Gasteiger partial charge in [-0.3, -0.25) is 24.1 Å². The van der Waals surface area contributed by atoms with Crippen LogP contribution in [-0.4, -0.2) is 64.2 Å². The van der Waals surface area contributed by atoms with Crippen LogP contribution in [0.25, 0.3) is 0 Å². The van der Waals surface area contributed by atoms with Crippen molar-refractivity contribution in [2.75, 3.05) is 20.2 Å². The number of carbonyl (C=O) groups is 5. The second-order valence-electron chi connectivity index (χ2n) is 7.17. The van der Waals surface area contributed by atoms with Gasteiger partial charge in [0.25, 0.3) is 0 Å². The minimum atomic E-state index is -0.988. The number of amides is 4. The van der Waals surface area contributed by atoms with Gasteiger partial charge in [0.2, 0.25) is 0 Å². The first-order chi connectivity index (χ1) is 13.1. The van der Waals surface area contributed by atoms with Crippen LogP contribution in [0.1, 0.15) is 42.0 Å². The van der Waals surface area contributed by atoms with Crippen molar-refractivity contribution in [2.45, 2.75) is 40.7 Å². The van der Waals surface area contributed by atoms with Crippen LogP contribution in [0.2, 0.25) is 0 Å². The zero-order valence-corrected chi connectivity index (χ0v) is 16.8. The Balaban J connectivity index is 2.17. The van der Waals surface area contributed by atoms with Crippen LogP contribution in [-0.2, 0) is 25.7 Å². The number of carbonyl (C=O) groups excluding carboxylic acids is 5. The van der Waals surface area contributed by atoms with E-state index in [0.717, 1.165) is 10.6 Å². The number of ether oxygens (including phenoxy) is 1. The van der Waals surface area contributed by atoms with Crippen molar-refractivity contribution in [1.82, 2.24) is 14.4 Å². The van der Waals surface area contributed by atoms with Crippen LogP contribution >= 0.6 is 0 Å². The molecule has 1 fully saturated rings. The Morgan fingerprint density at radius 3 is 2.25 bits per heavy atom. The molecule has 1 aromatic rings. The van der Waals surface area contributed by atoms with E-state index < -0.39 is 30.2 Å². The third kappa shape index (κ3) is 4.13. The van der Waals surface area contributed by atoms with E-state index in [1.165, 1.54) is 7.11 Å². The lowest BCUT2D eigenvalue weighted by molar-refractivity contribution is -0.143. The Morgan fingerprint density at radius 2 is 1.68 bits per heavy atom. The second-order valence-corrected chi connectivity index (χ2v) is 7.17. The molecule has 9 heteroatoms. The van der Waals surface area contributed by atoms with E-state index in [1.54, 1.807) is 24.5 Å². The van der Waals surface area contributed by atoms with Gasteiger partial charge in [0, 0.05) is 30.0 Å². The van der Waals surface area contributed by atoms with Crippen molar-refractivity contribution in [3.8, 4) is 0 Å². The van der Waals surface area contributed by atoms with Crippen molar-refractivity contribution in [1.29, 1.82) is 0 Å². The molecule has 1 aromatic heterocycles. The predicted molar refractivity (Wildman–Crippen MR) is 98.5 cm³/mol. The van der Waals surface area contributed by atoms with Crippen molar-refractivity contribution in [3.63, 3.8) is 0 Å². The molecule has 152 valence electrons. The SMILES string of the molecule is COC(=O)CCn1c(C)cc(C(=O)CN2C(=O)C(=O)N(CC(C)C)C2=O)c1C. The molecule has 0 radical (unpaired) electrons. The molecule has 0 N–H and O–H groups in total. The van der Waals surface area contributed by atoms with Crippen LogP contribution in [0.15, 0.2) is 6.07 Å². The lowest BCUT2D eigenvalue weighted by Crippen LogP contribution is -2.38. The number of aromatic nitrogens is 1. The molecule has 0 spiro atoms. The number of urea groups is 1. The summed E-state index contributed by atoms with van der Waals surface area (Å²) in [7, 11) is 1.31. The van der Waals surface area contributed by atoms with E-state index in [9.17, 15) is 24.0 Å². The molecule has 0 aliphatic carbocycles. The summed E-state index contributed by atoms with van der Waals surface area (Å²) in [5, 5.41) is 0. The first kappa shape index (κ1) is 21.3. The Morgan fingerprint density at radius 1 is 1.07 bits per heavy atom. The molecule has 1 saturated heterocycles. The van der Waals surface area contributed by atoms with Gasteiger partial charge in [-0.2, -0.15) is 0 Å². The van der Waals surface area contributed by atoms with E-state index in [1.807, 2.05) is 13.8 Å². The van der Waals surface area contributed by atoms with Crippen LogP contribution in [0.3, 0.4) is 0 Å². The molecule has 2 rings (SSSR count). The minimum Gasteiger partial charge on any atom is -0.469 e. The summed E-state index contributed by atoms with van der Waals surface area (Å²) in [6, 6.07) is 0.879. The summed E-state index contributed by atoms with van der Waals surface area (Å²) in [5.74, 6) is -2.70. The topological polar surface area (TPSA) is 106 Å². The van der Waals surface area contributed by atoms with Crippen LogP contribution in [0, 0.1) is 19.8 Å². The van der Waals surface area contributed by atoms with Gasteiger partial charge in [0.1, 0.15) is 0 Å². The molecule has 0 saturated carbocycles. The van der Waals surface area contributed by atoms with Crippen LogP contribution < -0.4 is 0 Å². The quantitative estimate of drug-likeness (QED) is 0.286. The first-order valence-corrected chi connectivity index (χ1v) is 9.02. The van der Waals surface area contributed by atoms with Gasteiger partial charge in [0.05, 0.1) is 20.1 Å². The summed E-state index contributed by atoms with van der Waals surface area (Å²) in [6.07, 6.45) is 0.155. The zero-order valence-electron chi connectivity index (χ0n) is 16.8. The first-order valence-electron chi connectivity index (χ1n) is 9.02. The monoisotopic (exact) mass is 391 g/mol. The number of imide groups is 2. The molecule has 9 nitrogen and oxygen atoms in total. The zero-order chi connectivity index (χ0) is 21.2. The largest absolute Gasteiger partial charge is 0.469 e. The van der Waals surface area contributed by atoms with E-state index in [2.05, 4.69) is 4.74 Å². The normalized spacial score (nSPS) is 14.4. The molecule has 2 heterocycles. The second kappa shape index (κ2) is 8.37. The van der Waals surface area contributed by atoms with E-state index in [-0.39, 0.29) is 24.9 Å². The molecule has 1 aliphatic rings.